The van der Waals surface area contributed by atoms with Crippen molar-refractivity contribution < 1.29 is 14.1 Å². The number of carbonyl (C=O) groups is 1. The van der Waals surface area contributed by atoms with Crippen molar-refractivity contribution >= 4 is 5.91 Å². The maximum absolute atomic E-state index is 13.3. The molecular weight excluding hydrogens is 281 g/mol. The Morgan fingerprint density at radius 1 is 1.32 bits per heavy atom. The van der Waals surface area contributed by atoms with Gasteiger partial charge in [-0.2, -0.15) is 0 Å². The third-order valence-electron chi connectivity index (χ3n) is 5.24. The minimum atomic E-state index is -0.237. The second-order valence-corrected chi connectivity index (χ2v) is 6.38. The molecule has 5 heteroatoms. The summed E-state index contributed by atoms with van der Waals surface area (Å²) in [5.41, 5.74) is 7.11. The summed E-state index contributed by atoms with van der Waals surface area (Å²) >= 11 is 0. The Morgan fingerprint density at radius 2 is 2.00 bits per heavy atom. The molecule has 1 amide bonds. The van der Waals surface area contributed by atoms with Crippen molar-refractivity contribution in [1.29, 1.82) is 0 Å². The molecule has 0 radical (unpaired) electrons. The van der Waals surface area contributed by atoms with E-state index in [4.69, 9.17) is 0 Å². The van der Waals surface area contributed by atoms with Crippen molar-refractivity contribution in [1.82, 2.24) is 10.4 Å². The third kappa shape index (κ3) is 1.96. The Bertz CT molecular complexity index is 630. The lowest BCUT2D eigenvalue weighted by atomic mass is 9.86. The van der Waals surface area contributed by atoms with Gasteiger partial charge in [0.1, 0.15) is 11.9 Å². The zero-order valence-electron chi connectivity index (χ0n) is 12.7. The first kappa shape index (κ1) is 13.8. The topological polar surface area (TPSA) is 36.8 Å². The number of piperidine rings is 1. The van der Waals surface area contributed by atoms with E-state index < -0.39 is 0 Å². The van der Waals surface area contributed by atoms with Crippen LogP contribution in [-0.4, -0.2) is 30.0 Å². The van der Waals surface area contributed by atoms with Crippen LogP contribution in [0.15, 0.2) is 35.5 Å². The van der Waals surface area contributed by atoms with Gasteiger partial charge >= 0.3 is 0 Å². The zero-order chi connectivity index (χ0) is 15.3. The number of amides is 1. The van der Waals surface area contributed by atoms with E-state index in [1.54, 1.807) is 9.91 Å². The van der Waals surface area contributed by atoms with E-state index in [1.807, 2.05) is 19.1 Å². The molecule has 2 atom stereocenters. The van der Waals surface area contributed by atoms with Crippen LogP contribution in [-0.2, 0) is 4.79 Å². The lowest BCUT2D eigenvalue weighted by molar-refractivity contribution is -0.927. The summed E-state index contributed by atoms with van der Waals surface area (Å²) in [6.07, 6.45) is 2.71. The summed E-state index contributed by atoms with van der Waals surface area (Å²) in [6, 6.07) is 6.84. The smallest absolute Gasteiger partial charge is 0.241 e. The van der Waals surface area contributed by atoms with Gasteiger partial charge in [0, 0.05) is 19.3 Å². The minimum absolute atomic E-state index is 0.0337. The molecule has 0 saturated carbocycles. The van der Waals surface area contributed by atoms with Gasteiger partial charge in [0.25, 0.3) is 0 Å². The highest BCUT2D eigenvalue weighted by molar-refractivity contribution is 5.77. The summed E-state index contributed by atoms with van der Waals surface area (Å²) in [7, 11) is 0. The maximum atomic E-state index is 13.3. The van der Waals surface area contributed by atoms with Gasteiger partial charge in [0.05, 0.1) is 18.8 Å². The van der Waals surface area contributed by atoms with Crippen LogP contribution in [0.3, 0.4) is 0 Å². The molecule has 2 bridgehead atoms. The lowest BCUT2D eigenvalue weighted by Crippen LogP contribution is -3.18. The Labute approximate surface area is 129 Å². The predicted molar refractivity (Wildman–Crippen MR) is 80.2 cm³/mol. The largest absolute Gasteiger partial charge is 0.325 e. The van der Waals surface area contributed by atoms with Crippen molar-refractivity contribution in [3.63, 3.8) is 0 Å². The molecule has 0 aliphatic carbocycles. The van der Waals surface area contributed by atoms with Crippen molar-refractivity contribution in [3.8, 4) is 0 Å². The van der Waals surface area contributed by atoms with Crippen LogP contribution in [0.5, 0.6) is 0 Å². The number of nitrogens with one attached hydrogen (secondary N) is 2. The fourth-order valence-electron chi connectivity index (χ4n) is 4.14. The number of carbonyl (C=O) groups excluding carboxylic acids is 1. The van der Waals surface area contributed by atoms with Crippen molar-refractivity contribution in [3.05, 3.63) is 46.9 Å². The standard InChI is InChI=1S/C17H20FN3O/c1-2-14(22)21-16(12-3-5-13(18)6-4-12)17-15(19-21)11-7-9-20(17)10-8-11/h3-6,16-17,19H,2,7-10H2,1H3/p+1. The van der Waals surface area contributed by atoms with E-state index >= 15 is 0 Å². The molecule has 4 aliphatic heterocycles. The Kier molecular flexibility index (Phi) is 3.18. The van der Waals surface area contributed by atoms with Gasteiger partial charge in [-0.25, -0.2) is 9.40 Å². The predicted octanol–water partition coefficient (Wildman–Crippen LogP) is 0.939. The number of hydrazine groups is 1. The van der Waals surface area contributed by atoms with E-state index in [-0.39, 0.29) is 23.8 Å². The first-order chi connectivity index (χ1) is 10.7. The molecule has 0 aromatic heterocycles. The molecule has 2 unspecified atom stereocenters. The number of hydrogen-bond acceptors (Lipinski definition) is 2. The van der Waals surface area contributed by atoms with Gasteiger partial charge in [-0.3, -0.25) is 10.2 Å². The number of benzene rings is 1. The monoisotopic (exact) mass is 302 g/mol. The molecule has 2 fully saturated rings. The number of rotatable bonds is 2. The summed E-state index contributed by atoms with van der Waals surface area (Å²) in [5, 5.41) is 1.78. The quantitative estimate of drug-likeness (QED) is 0.853. The van der Waals surface area contributed by atoms with Gasteiger partial charge in [0.15, 0.2) is 6.04 Å². The van der Waals surface area contributed by atoms with Gasteiger partial charge in [-0.05, 0) is 23.3 Å². The Balaban J connectivity index is 1.79. The summed E-state index contributed by atoms with van der Waals surface area (Å²) in [5.74, 6) is -0.142. The molecule has 22 heavy (non-hydrogen) atoms. The van der Waals surface area contributed by atoms with E-state index in [0.717, 1.165) is 31.5 Å². The number of hydrogen-bond donors (Lipinski definition) is 2. The van der Waals surface area contributed by atoms with Crippen LogP contribution in [0.2, 0.25) is 0 Å². The van der Waals surface area contributed by atoms with Gasteiger partial charge in [-0.1, -0.05) is 19.1 Å². The van der Waals surface area contributed by atoms with Crippen molar-refractivity contribution in [2.75, 3.05) is 13.1 Å². The molecule has 4 aliphatic rings. The van der Waals surface area contributed by atoms with Crippen LogP contribution in [0.1, 0.15) is 37.8 Å². The normalized spacial score (nSPS) is 29.5. The van der Waals surface area contributed by atoms with Crippen LogP contribution < -0.4 is 10.3 Å². The first-order valence-corrected chi connectivity index (χ1v) is 8.09. The third-order valence-corrected chi connectivity index (χ3v) is 5.24. The van der Waals surface area contributed by atoms with E-state index in [9.17, 15) is 9.18 Å². The highest BCUT2D eigenvalue weighted by atomic mass is 19.1. The number of halogens is 1. The molecule has 0 spiro atoms. The minimum Gasteiger partial charge on any atom is -0.325 e. The zero-order valence-corrected chi connectivity index (χ0v) is 12.7. The number of fused-ring (bicyclic) bond motifs is 2. The van der Waals surface area contributed by atoms with E-state index in [1.165, 1.54) is 23.4 Å². The average molecular weight is 302 g/mol. The molecule has 2 saturated heterocycles. The number of nitrogens with zero attached hydrogens (tertiary/aromatic N) is 1. The Hall–Kier alpha value is -1.88. The molecule has 2 N–H and O–H groups in total. The lowest BCUT2D eigenvalue weighted by Gasteiger charge is -2.38. The molecule has 116 valence electrons. The highest BCUT2D eigenvalue weighted by Crippen LogP contribution is 2.37. The Morgan fingerprint density at radius 3 is 2.64 bits per heavy atom. The van der Waals surface area contributed by atoms with Crippen LogP contribution in [0, 0.1) is 5.82 Å². The first-order valence-electron chi connectivity index (χ1n) is 8.09. The van der Waals surface area contributed by atoms with Gasteiger partial charge < -0.3 is 4.90 Å². The maximum Gasteiger partial charge on any atom is 0.241 e. The van der Waals surface area contributed by atoms with E-state index in [0.29, 0.717) is 6.42 Å². The van der Waals surface area contributed by atoms with Crippen LogP contribution >= 0.6 is 0 Å². The van der Waals surface area contributed by atoms with E-state index in [2.05, 4.69) is 5.43 Å². The summed E-state index contributed by atoms with van der Waals surface area (Å²) in [4.78, 5) is 13.9. The summed E-state index contributed by atoms with van der Waals surface area (Å²) in [6.45, 7) is 4.15. The molecule has 4 nitrogen and oxygen atoms in total. The van der Waals surface area contributed by atoms with Crippen LogP contribution in [0.4, 0.5) is 4.39 Å². The average Bonchev–Trinajstić information content (AvgIpc) is 2.98. The summed E-state index contributed by atoms with van der Waals surface area (Å²) < 4.78 is 13.3. The number of quaternary nitrogens is 1. The molecular formula is C17H21FN3O+. The second-order valence-electron chi connectivity index (χ2n) is 6.38. The fourth-order valence-corrected chi connectivity index (χ4v) is 4.14. The second kappa shape index (κ2) is 5.09. The molecule has 1 aromatic carbocycles. The molecule has 5 rings (SSSR count). The van der Waals surface area contributed by atoms with Crippen LogP contribution in [0.25, 0.3) is 0 Å². The SMILES string of the molecule is CCC(=O)N1NC2=C3CC[NH+](CC3)C2C1c1ccc(F)cc1. The highest BCUT2D eigenvalue weighted by Gasteiger charge is 2.51. The fraction of sp³-hybridized carbons (Fsp3) is 0.471. The van der Waals surface area contributed by atoms with Crippen molar-refractivity contribution in [2.45, 2.75) is 38.3 Å². The van der Waals surface area contributed by atoms with Gasteiger partial charge in [0.2, 0.25) is 5.91 Å². The molecule has 4 heterocycles. The van der Waals surface area contributed by atoms with Crippen molar-refractivity contribution in [2.24, 2.45) is 0 Å². The molecule has 1 aromatic rings. The van der Waals surface area contributed by atoms with Gasteiger partial charge in [-0.15, -0.1) is 0 Å².